The van der Waals surface area contributed by atoms with Crippen molar-refractivity contribution in [3.63, 3.8) is 0 Å². The molecule has 1 amide bonds. The lowest BCUT2D eigenvalue weighted by Crippen LogP contribution is -2.39. The van der Waals surface area contributed by atoms with Gasteiger partial charge in [0, 0.05) is 24.8 Å². The van der Waals surface area contributed by atoms with Gasteiger partial charge in [-0.15, -0.1) is 5.10 Å². The van der Waals surface area contributed by atoms with Crippen LogP contribution < -0.4 is 5.69 Å². The molecule has 5 rings (SSSR count). The first-order valence-corrected chi connectivity index (χ1v) is 10.4. The van der Waals surface area contributed by atoms with E-state index in [0.717, 1.165) is 43.5 Å². The summed E-state index contributed by atoms with van der Waals surface area (Å²) in [6, 6.07) is 11.3. The zero-order chi connectivity index (χ0) is 21.4. The Morgan fingerprint density at radius 1 is 1.10 bits per heavy atom. The summed E-state index contributed by atoms with van der Waals surface area (Å²) >= 11 is 0. The maximum atomic E-state index is 12.8. The van der Waals surface area contributed by atoms with Crippen LogP contribution in [0, 0.1) is 6.92 Å². The Labute approximate surface area is 177 Å². The van der Waals surface area contributed by atoms with Crippen LogP contribution in [0.1, 0.15) is 24.8 Å². The van der Waals surface area contributed by atoms with Gasteiger partial charge in [-0.3, -0.25) is 4.79 Å². The normalized spacial score (nSPS) is 14.3. The molecule has 1 aromatic carbocycles. The topological polar surface area (TPSA) is 98.5 Å². The molecule has 9 nitrogen and oxygen atoms in total. The van der Waals surface area contributed by atoms with Gasteiger partial charge in [0.1, 0.15) is 6.54 Å². The van der Waals surface area contributed by atoms with E-state index in [1.165, 1.54) is 9.08 Å². The third-order valence-corrected chi connectivity index (χ3v) is 5.57. The van der Waals surface area contributed by atoms with Gasteiger partial charge in [0.15, 0.2) is 5.65 Å². The van der Waals surface area contributed by atoms with Crippen molar-refractivity contribution in [2.75, 3.05) is 13.1 Å². The molecule has 0 unspecified atom stereocenters. The Morgan fingerprint density at radius 2 is 1.87 bits per heavy atom. The van der Waals surface area contributed by atoms with Crippen LogP contribution in [0.15, 0.2) is 51.9 Å². The average Bonchev–Trinajstić information content (AvgIpc) is 3.40. The third-order valence-electron chi connectivity index (χ3n) is 5.57. The average molecular weight is 418 g/mol. The number of carbonyl (C=O) groups is 1. The molecule has 158 valence electrons. The molecule has 0 bridgehead atoms. The maximum Gasteiger partial charge on any atom is 0.350 e. The summed E-state index contributed by atoms with van der Waals surface area (Å²) < 4.78 is 8.07. The molecule has 0 aliphatic carbocycles. The molecular formula is C22H22N6O3. The van der Waals surface area contributed by atoms with Crippen molar-refractivity contribution >= 4 is 11.6 Å². The van der Waals surface area contributed by atoms with Gasteiger partial charge in [-0.25, -0.2) is 13.9 Å². The number of piperidine rings is 1. The van der Waals surface area contributed by atoms with E-state index < -0.39 is 0 Å². The molecular weight excluding hydrogens is 396 g/mol. The Bertz CT molecular complexity index is 1300. The first kappa shape index (κ1) is 19.2. The molecule has 1 aliphatic heterocycles. The molecule has 31 heavy (non-hydrogen) atoms. The summed E-state index contributed by atoms with van der Waals surface area (Å²) in [5.41, 5.74) is 2.51. The fourth-order valence-corrected chi connectivity index (χ4v) is 3.83. The standard InChI is InChI=1S/C22H22N6O3/c1-15-7-9-16(10-8-15)19-23-21(31-25-19)17-6-5-13-27-20(17)24-28(22(27)30)14-18(29)26-11-3-2-4-12-26/h5-10,13H,2-4,11-12,14H2,1H3. The third kappa shape index (κ3) is 3.63. The van der Waals surface area contributed by atoms with Crippen molar-refractivity contribution in [1.82, 2.24) is 29.2 Å². The highest BCUT2D eigenvalue weighted by Crippen LogP contribution is 2.24. The van der Waals surface area contributed by atoms with Crippen LogP contribution in [0.25, 0.3) is 28.5 Å². The van der Waals surface area contributed by atoms with E-state index in [4.69, 9.17) is 4.52 Å². The van der Waals surface area contributed by atoms with Gasteiger partial charge in [-0.1, -0.05) is 35.0 Å². The smallest absolute Gasteiger partial charge is 0.341 e. The second kappa shape index (κ2) is 7.82. The Balaban J connectivity index is 1.48. The second-order valence-corrected chi connectivity index (χ2v) is 7.79. The summed E-state index contributed by atoms with van der Waals surface area (Å²) in [7, 11) is 0. The van der Waals surface area contributed by atoms with Gasteiger partial charge in [0.25, 0.3) is 5.89 Å². The van der Waals surface area contributed by atoms with Gasteiger partial charge in [-0.05, 0) is 38.3 Å². The van der Waals surface area contributed by atoms with Crippen molar-refractivity contribution in [2.24, 2.45) is 0 Å². The number of benzene rings is 1. The highest BCUT2D eigenvalue weighted by molar-refractivity contribution is 5.76. The molecule has 1 aliphatic rings. The minimum atomic E-state index is -0.375. The van der Waals surface area contributed by atoms with Crippen LogP contribution in [-0.2, 0) is 11.3 Å². The number of fused-ring (bicyclic) bond motifs is 1. The summed E-state index contributed by atoms with van der Waals surface area (Å²) in [4.78, 5) is 31.7. The van der Waals surface area contributed by atoms with Gasteiger partial charge in [0.2, 0.25) is 11.7 Å². The number of aromatic nitrogens is 5. The molecule has 9 heteroatoms. The fourth-order valence-electron chi connectivity index (χ4n) is 3.83. The summed E-state index contributed by atoms with van der Waals surface area (Å²) in [6.07, 6.45) is 4.75. The van der Waals surface area contributed by atoms with Crippen LogP contribution in [-0.4, -0.2) is 48.2 Å². The van der Waals surface area contributed by atoms with Crippen LogP contribution in [0.2, 0.25) is 0 Å². The van der Waals surface area contributed by atoms with E-state index in [9.17, 15) is 9.59 Å². The Hall–Kier alpha value is -3.75. The number of likely N-dealkylation sites (tertiary alicyclic amines) is 1. The minimum Gasteiger partial charge on any atom is -0.341 e. The maximum absolute atomic E-state index is 12.8. The van der Waals surface area contributed by atoms with Gasteiger partial charge >= 0.3 is 5.69 Å². The molecule has 1 saturated heterocycles. The molecule has 4 heterocycles. The molecule has 0 radical (unpaired) electrons. The number of hydrogen-bond donors (Lipinski definition) is 0. The number of aryl methyl sites for hydroxylation is 1. The molecule has 0 saturated carbocycles. The number of pyridine rings is 1. The molecule has 4 aromatic rings. The number of hydrogen-bond acceptors (Lipinski definition) is 6. The van der Waals surface area contributed by atoms with E-state index in [2.05, 4.69) is 15.2 Å². The molecule has 0 N–H and O–H groups in total. The number of nitrogens with zero attached hydrogens (tertiary/aromatic N) is 6. The predicted octanol–water partition coefficient (Wildman–Crippen LogP) is 2.53. The van der Waals surface area contributed by atoms with Crippen molar-refractivity contribution in [2.45, 2.75) is 32.7 Å². The first-order valence-electron chi connectivity index (χ1n) is 10.4. The molecule has 0 spiro atoms. The van der Waals surface area contributed by atoms with Gasteiger partial charge in [0.05, 0.1) is 5.56 Å². The zero-order valence-electron chi connectivity index (χ0n) is 17.2. The SMILES string of the molecule is Cc1ccc(-c2noc(-c3cccn4c(=O)n(CC(=O)N5CCCCC5)nc34)n2)cc1. The van der Waals surface area contributed by atoms with E-state index in [1.807, 2.05) is 31.2 Å². The van der Waals surface area contributed by atoms with Crippen LogP contribution in [0.3, 0.4) is 0 Å². The molecule has 3 aromatic heterocycles. The summed E-state index contributed by atoms with van der Waals surface area (Å²) in [6.45, 7) is 3.39. The summed E-state index contributed by atoms with van der Waals surface area (Å²) in [5, 5.41) is 8.48. The van der Waals surface area contributed by atoms with Gasteiger partial charge < -0.3 is 9.42 Å². The fraction of sp³-hybridized carbons (Fsp3) is 0.318. The zero-order valence-corrected chi connectivity index (χ0v) is 17.2. The van der Waals surface area contributed by atoms with E-state index in [1.54, 1.807) is 23.2 Å². The van der Waals surface area contributed by atoms with E-state index in [-0.39, 0.29) is 24.0 Å². The van der Waals surface area contributed by atoms with Crippen molar-refractivity contribution < 1.29 is 9.32 Å². The monoisotopic (exact) mass is 418 g/mol. The molecule has 0 atom stereocenters. The van der Waals surface area contributed by atoms with Crippen molar-refractivity contribution in [3.05, 3.63) is 58.6 Å². The van der Waals surface area contributed by atoms with Gasteiger partial charge in [-0.2, -0.15) is 4.98 Å². The van der Waals surface area contributed by atoms with Crippen LogP contribution in [0.4, 0.5) is 0 Å². The number of rotatable bonds is 4. The van der Waals surface area contributed by atoms with Crippen molar-refractivity contribution in [3.8, 4) is 22.8 Å². The lowest BCUT2D eigenvalue weighted by Gasteiger charge is -2.26. The predicted molar refractivity (Wildman–Crippen MR) is 113 cm³/mol. The quantitative estimate of drug-likeness (QED) is 0.505. The largest absolute Gasteiger partial charge is 0.350 e. The highest BCUT2D eigenvalue weighted by atomic mass is 16.5. The van der Waals surface area contributed by atoms with Crippen molar-refractivity contribution in [1.29, 1.82) is 0 Å². The van der Waals surface area contributed by atoms with E-state index >= 15 is 0 Å². The highest BCUT2D eigenvalue weighted by Gasteiger charge is 2.21. The lowest BCUT2D eigenvalue weighted by atomic mass is 10.1. The lowest BCUT2D eigenvalue weighted by molar-refractivity contribution is -0.133. The van der Waals surface area contributed by atoms with Crippen LogP contribution in [0.5, 0.6) is 0 Å². The minimum absolute atomic E-state index is 0.0849. The number of carbonyl (C=O) groups excluding carboxylic acids is 1. The molecule has 1 fully saturated rings. The first-order chi connectivity index (χ1) is 15.1. The number of amides is 1. The summed E-state index contributed by atoms with van der Waals surface area (Å²) in [5.74, 6) is 0.631. The van der Waals surface area contributed by atoms with Crippen LogP contribution >= 0.6 is 0 Å². The van der Waals surface area contributed by atoms with E-state index in [0.29, 0.717) is 17.0 Å². The second-order valence-electron chi connectivity index (χ2n) is 7.79. The Morgan fingerprint density at radius 3 is 2.65 bits per heavy atom. The Kier molecular flexibility index (Phi) is 4.85.